The molecule has 1 aromatic carbocycles. The Morgan fingerprint density at radius 1 is 1.06 bits per heavy atom. The molecule has 2 aromatic heterocycles. The predicted molar refractivity (Wildman–Crippen MR) is 138 cm³/mol. The number of fused-ring (bicyclic) bond motifs is 1. The molecule has 9 heteroatoms. The summed E-state index contributed by atoms with van der Waals surface area (Å²) in [5, 5.41) is 5.60. The number of carbonyl (C=O) groups is 1. The smallest absolute Gasteiger partial charge is 0.256 e. The number of aromatic nitrogens is 3. The normalized spacial score (nSPS) is 20.5. The molecule has 2 aliphatic heterocycles. The Bertz CT molecular complexity index is 1240. The molecule has 7 nitrogen and oxygen atoms in total. The van der Waals surface area contributed by atoms with Crippen molar-refractivity contribution in [3.8, 4) is 0 Å². The summed E-state index contributed by atoms with van der Waals surface area (Å²) >= 11 is 7.75. The van der Waals surface area contributed by atoms with Gasteiger partial charge < -0.3 is 14.5 Å². The van der Waals surface area contributed by atoms with Crippen molar-refractivity contribution in [2.75, 3.05) is 35.5 Å². The Morgan fingerprint density at radius 3 is 2.65 bits per heavy atom. The molecule has 1 aliphatic carbocycles. The van der Waals surface area contributed by atoms with Gasteiger partial charge in [-0.15, -0.1) is 0 Å². The van der Waals surface area contributed by atoms with Crippen LogP contribution >= 0.6 is 23.5 Å². The largest absolute Gasteiger partial charge is 0.356 e. The van der Waals surface area contributed by atoms with E-state index in [2.05, 4.69) is 21.8 Å². The highest BCUT2D eigenvalue weighted by Gasteiger charge is 2.33. The van der Waals surface area contributed by atoms with Gasteiger partial charge in [-0.1, -0.05) is 23.5 Å². The Kier molecular flexibility index (Phi) is 5.81. The van der Waals surface area contributed by atoms with Gasteiger partial charge in [-0.3, -0.25) is 4.79 Å². The lowest BCUT2D eigenvalue weighted by molar-refractivity contribution is 0.0607. The van der Waals surface area contributed by atoms with Crippen LogP contribution in [0.25, 0.3) is 5.65 Å². The molecule has 178 valence electrons. The number of piperidine rings is 1. The first-order valence-corrected chi connectivity index (χ1v) is 13.8. The van der Waals surface area contributed by atoms with Crippen LogP contribution in [0.5, 0.6) is 0 Å². The summed E-state index contributed by atoms with van der Waals surface area (Å²) < 4.78 is 5.23. The number of hydrogen-bond acceptors (Lipinski definition) is 6. The number of halogens is 1. The Morgan fingerprint density at radius 2 is 1.91 bits per heavy atom. The van der Waals surface area contributed by atoms with E-state index in [1.165, 1.54) is 36.9 Å². The number of nitrogens with zero attached hydrogens (tertiary/aromatic N) is 5. The van der Waals surface area contributed by atoms with E-state index < -0.39 is 0 Å². The van der Waals surface area contributed by atoms with Crippen LogP contribution in [0.3, 0.4) is 0 Å². The Labute approximate surface area is 209 Å². The first-order valence-electron chi connectivity index (χ1n) is 12.2. The molecule has 4 heterocycles. The van der Waals surface area contributed by atoms with E-state index in [1.807, 2.05) is 27.8 Å². The van der Waals surface area contributed by atoms with Gasteiger partial charge >= 0.3 is 0 Å². The third-order valence-electron chi connectivity index (χ3n) is 7.15. The van der Waals surface area contributed by atoms with Crippen LogP contribution in [0.15, 0.2) is 30.3 Å². The summed E-state index contributed by atoms with van der Waals surface area (Å²) in [7, 11) is 0. The Balaban J connectivity index is 1.38. The fourth-order valence-corrected chi connectivity index (χ4v) is 5.62. The van der Waals surface area contributed by atoms with Crippen LogP contribution in [0, 0.1) is 0 Å². The number of nitrogens with one attached hydrogen (secondary N) is 1. The van der Waals surface area contributed by atoms with E-state index in [0.29, 0.717) is 23.0 Å². The zero-order chi connectivity index (χ0) is 23.2. The van der Waals surface area contributed by atoms with Crippen LogP contribution in [0.2, 0.25) is 5.02 Å². The van der Waals surface area contributed by atoms with Crippen molar-refractivity contribution < 1.29 is 4.79 Å². The number of carbonyl (C=O) groups excluding carboxylic acids is 1. The molecule has 0 radical (unpaired) electrons. The van der Waals surface area contributed by atoms with Crippen molar-refractivity contribution in [1.82, 2.24) is 19.5 Å². The molecule has 2 saturated heterocycles. The number of benzene rings is 1. The molecule has 1 saturated carbocycles. The van der Waals surface area contributed by atoms with Crippen molar-refractivity contribution in [3.05, 3.63) is 52.3 Å². The molecule has 1 atom stereocenters. The lowest BCUT2D eigenvalue weighted by Gasteiger charge is -2.35. The quantitative estimate of drug-likeness (QED) is 0.453. The van der Waals surface area contributed by atoms with Crippen LogP contribution in [-0.2, 0) is 0 Å². The highest BCUT2D eigenvalue weighted by molar-refractivity contribution is 7.99. The molecule has 1 amide bonds. The average molecular weight is 497 g/mol. The first kappa shape index (κ1) is 22.0. The maximum atomic E-state index is 13.8. The number of rotatable bonds is 6. The van der Waals surface area contributed by atoms with Gasteiger partial charge in [-0.25, -0.2) is 4.98 Å². The standard InChI is InChI=1S/C25H29ClN6OS/c1-34-29-19-9-8-17(26)13-18(19)25(33)31-12-3-2-5-22(31)21-14-23-27-20(16-6-7-16)15-24(32(23)28-21)30-10-4-11-30/h8-9,13-16,22,29H,2-7,10-12H2,1H3. The second kappa shape index (κ2) is 8.96. The van der Waals surface area contributed by atoms with E-state index in [0.717, 1.165) is 55.2 Å². The molecule has 3 aliphatic rings. The molecule has 6 rings (SSSR count). The molecule has 1 N–H and O–H groups in total. The van der Waals surface area contributed by atoms with Gasteiger partial charge in [0.05, 0.1) is 23.0 Å². The maximum Gasteiger partial charge on any atom is 0.256 e. The minimum Gasteiger partial charge on any atom is -0.356 e. The van der Waals surface area contributed by atoms with Crippen molar-refractivity contribution >= 4 is 46.6 Å². The summed E-state index contributed by atoms with van der Waals surface area (Å²) in [5.41, 5.74) is 4.40. The van der Waals surface area contributed by atoms with E-state index in [9.17, 15) is 4.79 Å². The summed E-state index contributed by atoms with van der Waals surface area (Å²) in [6, 6.07) is 9.72. The van der Waals surface area contributed by atoms with Gasteiger partial charge in [0.25, 0.3) is 5.91 Å². The van der Waals surface area contributed by atoms with E-state index in [4.69, 9.17) is 21.7 Å². The van der Waals surface area contributed by atoms with Crippen molar-refractivity contribution in [2.45, 2.75) is 50.5 Å². The van der Waals surface area contributed by atoms with Crippen LogP contribution < -0.4 is 9.62 Å². The molecule has 0 bridgehead atoms. The summed E-state index contributed by atoms with van der Waals surface area (Å²) in [6.45, 7) is 2.83. The van der Waals surface area contributed by atoms with Crippen LogP contribution in [0.1, 0.15) is 72.2 Å². The van der Waals surface area contributed by atoms with Crippen LogP contribution in [-0.4, -0.2) is 51.3 Å². The third-order valence-corrected chi connectivity index (χ3v) is 7.81. The molecule has 3 fully saturated rings. The number of likely N-dealkylation sites (tertiary alicyclic amines) is 1. The molecular formula is C25H29ClN6OS. The molecule has 3 aromatic rings. The van der Waals surface area contributed by atoms with E-state index in [1.54, 1.807) is 6.07 Å². The van der Waals surface area contributed by atoms with E-state index in [-0.39, 0.29) is 11.9 Å². The molecule has 1 unspecified atom stereocenters. The highest BCUT2D eigenvalue weighted by atomic mass is 35.5. The van der Waals surface area contributed by atoms with Gasteiger partial charge in [0.1, 0.15) is 5.82 Å². The van der Waals surface area contributed by atoms with Gasteiger partial charge in [-0.05, 0) is 56.7 Å². The highest BCUT2D eigenvalue weighted by Crippen LogP contribution is 2.41. The average Bonchev–Trinajstić information content (AvgIpc) is 3.57. The third kappa shape index (κ3) is 4.01. The first-order chi connectivity index (χ1) is 16.6. The van der Waals surface area contributed by atoms with E-state index >= 15 is 0 Å². The zero-order valence-electron chi connectivity index (χ0n) is 19.3. The lowest BCUT2D eigenvalue weighted by Crippen LogP contribution is -2.39. The van der Waals surface area contributed by atoms with Gasteiger partial charge in [0, 0.05) is 54.7 Å². The Hall–Kier alpha value is -2.45. The number of anilines is 2. The minimum absolute atomic E-state index is 0.00426. The fourth-order valence-electron chi connectivity index (χ4n) is 5.05. The molecule has 34 heavy (non-hydrogen) atoms. The second-order valence-corrected chi connectivity index (χ2v) is 10.5. The molecular weight excluding hydrogens is 468 g/mol. The predicted octanol–water partition coefficient (Wildman–Crippen LogP) is 5.53. The molecule has 0 spiro atoms. The van der Waals surface area contributed by atoms with Gasteiger partial charge in [0.15, 0.2) is 5.65 Å². The van der Waals surface area contributed by atoms with Crippen molar-refractivity contribution in [3.63, 3.8) is 0 Å². The SMILES string of the molecule is CSNc1ccc(Cl)cc1C(=O)N1CCCCC1c1cc2nc(C3CC3)cc(N3CCC3)n2n1. The number of amides is 1. The monoisotopic (exact) mass is 496 g/mol. The second-order valence-electron chi connectivity index (χ2n) is 9.50. The zero-order valence-corrected chi connectivity index (χ0v) is 20.9. The maximum absolute atomic E-state index is 13.8. The van der Waals surface area contributed by atoms with Crippen molar-refractivity contribution in [1.29, 1.82) is 0 Å². The van der Waals surface area contributed by atoms with Gasteiger partial charge in [-0.2, -0.15) is 9.61 Å². The fraction of sp³-hybridized carbons (Fsp3) is 0.480. The van der Waals surface area contributed by atoms with Crippen LogP contribution in [0.4, 0.5) is 11.5 Å². The van der Waals surface area contributed by atoms with Gasteiger partial charge in [0.2, 0.25) is 0 Å². The number of hydrogen-bond donors (Lipinski definition) is 1. The lowest BCUT2D eigenvalue weighted by atomic mass is 9.98. The minimum atomic E-state index is -0.0716. The summed E-state index contributed by atoms with van der Waals surface area (Å²) in [5.74, 6) is 1.72. The van der Waals surface area contributed by atoms with Crippen molar-refractivity contribution in [2.24, 2.45) is 0 Å². The summed E-state index contributed by atoms with van der Waals surface area (Å²) in [4.78, 5) is 23.1. The topological polar surface area (TPSA) is 65.8 Å². The summed E-state index contributed by atoms with van der Waals surface area (Å²) in [6.07, 6.45) is 8.57.